The van der Waals surface area contributed by atoms with Crippen LogP contribution in [0.5, 0.6) is 0 Å². The van der Waals surface area contributed by atoms with E-state index in [1.807, 2.05) is 0 Å². The first kappa shape index (κ1) is 22.7. The van der Waals surface area contributed by atoms with Crippen molar-refractivity contribution in [1.29, 1.82) is 0 Å². The monoisotopic (exact) mass is 462 g/mol. The van der Waals surface area contributed by atoms with Crippen molar-refractivity contribution in [2.24, 2.45) is 23.7 Å². The Kier molecular flexibility index (Phi) is 5.84. The summed E-state index contributed by atoms with van der Waals surface area (Å²) in [6.07, 6.45) is 6.32. The normalized spacial score (nSPS) is 41.0. The molecule has 2 aliphatic carbocycles. The molecule has 2 aromatic rings. The second-order valence-corrected chi connectivity index (χ2v) is 11.5. The molecule has 0 N–H and O–H groups in total. The van der Waals surface area contributed by atoms with Crippen LogP contribution in [0.1, 0.15) is 58.4 Å². The molecule has 0 unspecified atom stereocenters. The number of hydrogen-bond acceptors (Lipinski definition) is 4. The van der Waals surface area contributed by atoms with Crippen LogP contribution in [0.4, 0.5) is 0 Å². The van der Waals surface area contributed by atoms with E-state index in [1.165, 1.54) is 36.0 Å². The number of hydrogen-bond donors (Lipinski definition) is 0. The summed E-state index contributed by atoms with van der Waals surface area (Å²) < 4.78 is 13.2. The van der Waals surface area contributed by atoms with Gasteiger partial charge in [0.15, 0.2) is 6.29 Å². The molecule has 4 nitrogen and oxygen atoms in total. The molecule has 34 heavy (non-hydrogen) atoms. The van der Waals surface area contributed by atoms with Gasteiger partial charge in [-0.05, 0) is 67.6 Å². The van der Waals surface area contributed by atoms with Gasteiger partial charge < -0.3 is 9.47 Å². The fourth-order valence-electron chi connectivity index (χ4n) is 7.40. The Morgan fingerprint density at radius 1 is 0.882 bits per heavy atom. The van der Waals surface area contributed by atoms with Crippen LogP contribution in [-0.2, 0) is 25.7 Å². The molecule has 1 spiro atoms. The molecule has 7 rings (SSSR count). The van der Waals surface area contributed by atoms with E-state index in [9.17, 15) is 0 Å². The molecule has 0 amide bonds. The Morgan fingerprint density at radius 3 is 2.44 bits per heavy atom. The van der Waals surface area contributed by atoms with Gasteiger partial charge in [-0.25, -0.2) is 9.78 Å². The topological polar surface area (TPSA) is 36.9 Å². The van der Waals surface area contributed by atoms with Crippen LogP contribution >= 0.6 is 0 Å². The van der Waals surface area contributed by atoms with Gasteiger partial charge in [-0.2, -0.15) is 0 Å². The van der Waals surface area contributed by atoms with Gasteiger partial charge in [0.1, 0.15) is 11.2 Å². The first-order valence-corrected chi connectivity index (χ1v) is 13.3. The van der Waals surface area contributed by atoms with E-state index in [0.717, 1.165) is 19.3 Å². The minimum Gasteiger partial charge on any atom is -0.352 e. The van der Waals surface area contributed by atoms with Crippen LogP contribution in [0.3, 0.4) is 0 Å². The van der Waals surface area contributed by atoms with E-state index in [-0.39, 0.29) is 29.5 Å². The average Bonchev–Trinajstić information content (AvgIpc) is 3.09. The second-order valence-electron chi connectivity index (χ2n) is 11.5. The summed E-state index contributed by atoms with van der Waals surface area (Å²) in [6, 6.07) is 19.4. The van der Waals surface area contributed by atoms with Crippen molar-refractivity contribution in [3.05, 3.63) is 60.2 Å². The molecule has 3 heterocycles. The maximum Gasteiger partial charge on any atom is 0.161 e. The molecule has 3 aliphatic heterocycles. The van der Waals surface area contributed by atoms with Gasteiger partial charge >= 0.3 is 0 Å². The van der Waals surface area contributed by atoms with Gasteiger partial charge in [-0.3, -0.25) is 0 Å². The van der Waals surface area contributed by atoms with Crippen molar-refractivity contribution in [2.75, 3.05) is 6.61 Å². The minimum atomic E-state index is -0.305. The van der Waals surface area contributed by atoms with Gasteiger partial charge in [0, 0.05) is 18.3 Å². The molecular formula is C30H38O4. The number of ether oxygens (including phenoxy) is 2. The zero-order valence-corrected chi connectivity index (χ0v) is 20.7. The summed E-state index contributed by atoms with van der Waals surface area (Å²) in [6.45, 7) is 7.55. The molecule has 182 valence electrons. The fourth-order valence-corrected chi connectivity index (χ4v) is 7.40. The van der Waals surface area contributed by atoms with E-state index in [4.69, 9.17) is 19.2 Å². The highest BCUT2D eigenvalue weighted by Crippen LogP contribution is 2.61. The molecule has 2 bridgehead atoms. The quantitative estimate of drug-likeness (QED) is 0.470. The smallest absolute Gasteiger partial charge is 0.161 e. The van der Waals surface area contributed by atoms with Crippen molar-refractivity contribution in [3.63, 3.8) is 0 Å². The van der Waals surface area contributed by atoms with Gasteiger partial charge in [0.2, 0.25) is 0 Å². The van der Waals surface area contributed by atoms with Crippen LogP contribution in [-0.4, -0.2) is 30.2 Å². The second kappa shape index (κ2) is 8.74. The predicted octanol–water partition coefficient (Wildman–Crippen LogP) is 6.58. The Morgan fingerprint density at radius 2 is 1.65 bits per heavy atom. The van der Waals surface area contributed by atoms with Gasteiger partial charge in [0.05, 0.1) is 12.7 Å². The molecule has 5 fully saturated rings. The lowest BCUT2D eigenvalue weighted by atomic mass is 9.56. The van der Waals surface area contributed by atoms with Gasteiger partial charge in [-0.1, -0.05) is 68.4 Å². The van der Waals surface area contributed by atoms with Crippen molar-refractivity contribution in [3.8, 4) is 11.1 Å². The lowest BCUT2D eigenvalue weighted by Crippen LogP contribution is -2.69. The standard InChI is InChI=1S/C30H38O4/c1-20-9-14-26-21(2)28(32-27-19-29(3)17-15-25(20)30(26,27)34-33-29)31-18-16-22-10-12-24(13-11-22)23-7-5-4-6-8-23/h4-8,10-13,20-21,25-28H,9,14-19H2,1-3H3/t20-,21-,25+,26+,27+,28-,29+,30-/m1/s1. The first-order chi connectivity index (χ1) is 16.5. The summed E-state index contributed by atoms with van der Waals surface area (Å²) in [5.41, 5.74) is 3.24. The van der Waals surface area contributed by atoms with E-state index >= 15 is 0 Å². The third kappa shape index (κ3) is 3.74. The lowest BCUT2D eigenvalue weighted by Gasteiger charge is -2.61. The highest BCUT2D eigenvalue weighted by Gasteiger charge is 2.68. The van der Waals surface area contributed by atoms with E-state index in [0.29, 0.717) is 24.4 Å². The lowest BCUT2D eigenvalue weighted by molar-refractivity contribution is -0.495. The highest BCUT2D eigenvalue weighted by molar-refractivity contribution is 5.63. The Bertz CT molecular complexity index is 991. The van der Waals surface area contributed by atoms with Crippen molar-refractivity contribution >= 4 is 0 Å². The minimum absolute atomic E-state index is 0.0536. The summed E-state index contributed by atoms with van der Waals surface area (Å²) >= 11 is 0. The summed E-state index contributed by atoms with van der Waals surface area (Å²) in [5.74, 6) is 1.87. The number of benzene rings is 2. The van der Waals surface area contributed by atoms with Crippen LogP contribution < -0.4 is 0 Å². The largest absolute Gasteiger partial charge is 0.352 e. The highest BCUT2D eigenvalue weighted by atomic mass is 17.2. The maximum absolute atomic E-state index is 6.74. The summed E-state index contributed by atoms with van der Waals surface area (Å²) in [4.78, 5) is 12.5. The average molecular weight is 463 g/mol. The molecule has 8 atom stereocenters. The zero-order valence-electron chi connectivity index (χ0n) is 20.7. The number of rotatable bonds is 5. The molecule has 2 aromatic carbocycles. The molecule has 2 saturated carbocycles. The molecular weight excluding hydrogens is 424 g/mol. The Hall–Kier alpha value is -1.72. The van der Waals surface area contributed by atoms with Crippen LogP contribution in [0.25, 0.3) is 11.1 Å². The van der Waals surface area contributed by atoms with Crippen LogP contribution in [0, 0.1) is 23.7 Å². The Balaban J connectivity index is 1.14. The van der Waals surface area contributed by atoms with Crippen molar-refractivity contribution < 1.29 is 19.2 Å². The molecule has 4 heteroatoms. The predicted molar refractivity (Wildman–Crippen MR) is 132 cm³/mol. The van der Waals surface area contributed by atoms with Crippen LogP contribution in [0.15, 0.2) is 54.6 Å². The third-order valence-corrected chi connectivity index (χ3v) is 9.37. The van der Waals surface area contributed by atoms with Gasteiger partial charge in [0.25, 0.3) is 0 Å². The summed E-state index contributed by atoms with van der Waals surface area (Å²) in [5, 5.41) is 0. The SMILES string of the molecule is C[C@H]1[C@H](OCCc2ccc(-c3ccccc3)cc2)O[C@H]2C[C@]3(C)CC[C@H]4[C@H](C)CC[C@@H]1[C@@]24OO3. The zero-order chi connectivity index (χ0) is 23.3. The molecule has 0 radical (unpaired) electrons. The Labute approximate surface area is 203 Å². The fraction of sp³-hybridized carbons (Fsp3) is 0.600. The first-order valence-electron chi connectivity index (χ1n) is 13.3. The van der Waals surface area contributed by atoms with E-state index in [2.05, 4.69) is 75.4 Å². The molecule has 0 aromatic heterocycles. The van der Waals surface area contributed by atoms with Gasteiger partial charge in [-0.15, -0.1) is 0 Å². The number of fused-ring (bicyclic) bond motifs is 2. The molecule has 3 saturated heterocycles. The molecule has 5 aliphatic rings. The van der Waals surface area contributed by atoms with Crippen molar-refractivity contribution in [1.82, 2.24) is 0 Å². The van der Waals surface area contributed by atoms with E-state index < -0.39 is 0 Å². The van der Waals surface area contributed by atoms with E-state index in [1.54, 1.807) is 0 Å². The third-order valence-electron chi connectivity index (χ3n) is 9.37. The maximum atomic E-state index is 6.74. The van der Waals surface area contributed by atoms with Crippen LogP contribution in [0.2, 0.25) is 0 Å². The van der Waals surface area contributed by atoms with Crippen molar-refractivity contribution in [2.45, 2.75) is 82.9 Å². The summed E-state index contributed by atoms with van der Waals surface area (Å²) in [7, 11) is 0.